The lowest BCUT2D eigenvalue weighted by atomic mass is 10.0. The summed E-state index contributed by atoms with van der Waals surface area (Å²) in [6.45, 7) is 3.95. The maximum atomic E-state index is 5.54. The Hall–Kier alpha value is -1.92. The second-order valence-electron chi connectivity index (χ2n) is 6.70. The maximum Gasteiger partial charge on any atom is 0.164 e. The number of nitrogens with one attached hydrogen (secondary N) is 3. The lowest BCUT2D eigenvalue weighted by molar-refractivity contribution is 0.111. The van der Waals surface area contributed by atoms with Crippen molar-refractivity contribution in [3.8, 4) is 0 Å². The van der Waals surface area contributed by atoms with E-state index in [4.69, 9.17) is 14.7 Å². The molecule has 0 aromatic carbocycles. The quantitative estimate of drug-likeness (QED) is 0.796. The van der Waals surface area contributed by atoms with Gasteiger partial charge >= 0.3 is 0 Å². The molecular weight excluding hydrogens is 302 g/mol. The fourth-order valence-corrected chi connectivity index (χ4v) is 4.02. The van der Waals surface area contributed by atoms with E-state index in [1.165, 1.54) is 23.2 Å². The Labute approximate surface area is 142 Å². The Balaban J connectivity index is 1.77. The van der Waals surface area contributed by atoms with Crippen LogP contribution in [0.5, 0.6) is 0 Å². The minimum absolute atomic E-state index is 0.162. The predicted molar refractivity (Wildman–Crippen MR) is 96.9 cm³/mol. The van der Waals surface area contributed by atoms with Gasteiger partial charge in [0.25, 0.3) is 0 Å². The molecule has 4 rings (SSSR count). The zero-order valence-electron chi connectivity index (χ0n) is 14.6. The van der Waals surface area contributed by atoms with E-state index < -0.39 is 0 Å². The molecule has 1 fully saturated rings. The summed E-state index contributed by atoms with van der Waals surface area (Å²) in [6, 6.07) is 2.31. The summed E-state index contributed by atoms with van der Waals surface area (Å²) < 4.78 is 5.54. The first-order valence-electron chi connectivity index (χ1n) is 8.72. The molecule has 0 unspecified atom stereocenters. The van der Waals surface area contributed by atoms with E-state index in [1.54, 1.807) is 7.11 Å². The van der Waals surface area contributed by atoms with Gasteiger partial charge in [0.15, 0.2) is 5.65 Å². The molecule has 1 aliphatic carbocycles. The van der Waals surface area contributed by atoms with Crippen LogP contribution in [-0.4, -0.2) is 49.4 Å². The number of nitrogens with zero attached hydrogens (tertiary/aromatic N) is 2. The molecule has 0 bridgehead atoms. The number of pyridine rings is 2. The van der Waals surface area contributed by atoms with Crippen molar-refractivity contribution >= 4 is 22.5 Å². The molecule has 2 aromatic rings. The molecule has 0 radical (unpaired) electrons. The first-order chi connectivity index (χ1) is 11.7. The van der Waals surface area contributed by atoms with E-state index >= 15 is 0 Å². The molecule has 6 nitrogen and oxygen atoms in total. The van der Waals surface area contributed by atoms with Crippen LogP contribution in [0.1, 0.15) is 23.2 Å². The van der Waals surface area contributed by atoms with Crippen LogP contribution in [0.2, 0.25) is 0 Å². The number of fused-ring (bicyclic) bond motifs is 2. The van der Waals surface area contributed by atoms with Gasteiger partial charge in [-0.2, -0.15) is 0 Å². The third-order valence-electron chi connectivity index (χ3n) is 5.32. The number of hydrogen-bond acceptors (Lipinski definition) is 6. The first kappa shape index (κ1) is 15.6. The molecule has 128 valence electrons. The Morgan fingerprint density at radius 1 is 1.25 bits per heavy atom. The molecule has 3 N–H and O–H groups in total. The molecular formula is C18H25N5O. The molecule has 2 atom stereocenters. The molecule has 1 aliphatic heterocycles. The van der Waals surface area contributed by atoms with Crippen molar-refractivity contribution in [3.63, 3.8) is 0 Å². The van der Waals surface area contributed by atoms with Crippen LogP contribution in [0.15, 0.2) is 6.07 Å². The molecule has 0 amide bonds. The normalized spacial score (nSPS) is 22.8. The van der Waals surface area contributed by atoms with Crippen LogP contribution in [0.4, 0.5) is 11.5 Å². The zero-order valence-corrected chi connectivity index (χ0v) is 14.6. The molecule has 24 heavy (non-hydrogen) atoms. The molecule has 2 aromatic heterocycles. The summed E-state index contributed by atoms with van der Waals surface area (Å²) in [5, 5.41) is 11.3. The summed E-state index contributed by atoms with van der Waals surface area (Å²) in [4.78, 5) is 9.67. The van der Waals surface area contributed by atoms with E-state index in [-0.39, 0.29) is 12.1 Å². The number of aryl methyl sites for hydroxylation is 2. The monoisotopic (exact) mass is 327 g/mol. The van der Waals surface area contributed by atoms with Crippen LogP contribution in [0, 0.1) is 6.92 Å². The third-order valence-corrected chi connectivity index (χ3v) is 5.32. The molecule has 1 saturated heterocycles. The Bertz CT molecular complexity index is 776. The lowest BCUT2D eigenvalue weighted by Gasteiger charge is -2.20. The van der Waals surface area contributed by atoms with Crippen molar-refractivity contribution in [2.24, 2.45) is 0 Å². The van der Waals surface area contributed by atoms with E-state index in [2.05, 4.69) is 28.9 Å². The van der Waals surface area contributed by atoms with Gasteiger partial charge in [0, 0.05) is 50.1 Å². The van der Waals surface area contributed by atoms with Gasteiger partial charge in [0.2, 0.25) is 0 Å². The number of anilines is 2. The standard InChI is InChI=1S/C18H25N5O/c1-10-11-5-4-6-12(11)22-18-17(10)13(19-2)7-16(23-18)21-14-8-20-9-15(14)24-3/h7,14-15,20H,4-6,8-9H2,1-3H3,(H2,19,21,22,23)/t14-,15+/m0/s1. The fraction of sp³-hybridized carbons (Fsp3) is 0.556. The number of rotatable bonds is 4. The Morgan fingerprint density at radius 3 is 2.92 bits per heavy atom. The summed E-state index contributed by atoms with van der Waals surface area (Å²) in [6.07, 6.45) is 3.56. The van der Waals surface area contributed by atoms with Gasteiger partial charge in [-0.25, -0.2) is 9.97 Å². The highest BCUT2D eigenvalue weighted by Gasteiger charge is 2.27. The smallest absolute Gasteiger partial charge is 0.164 e. The predicted octanol–water partition coefficient (Wildman–Crippen LogP) is 1.87. The van der Waals surface area contributed by atoms with Crippen LogP contribution >= 0.6 is 0 Å². The van der Waals surface area contributed by atoms with Crippen molar-refractivity contribution in [3.05, 3.63) is 22.9 Å². The van der Waals surface area contributed by atoms with Crippen molar-refractivity contribution in [1.82, 2.24) is 15.3 Å². The molecule has 0 spiro atoms. The van der Waals surface area contributed by atoms with Gasteiger partial charge in [-0.1, -0.05) is 0 Å². The Kier molecular flexibility index (Phi) is 4.02. The van der Waals surface area contributed by atoms with Crippen molar-refractivity contribution in [2.45, 2.75) is 38.3 Å². The SMILES string of the molecule is CNc1cc(N[C@H]2CNC[C@H]2OC)nc2nc3c(c(C)c12)CCC3. The Morgan fingerprint density at radius 2 is 2.12 bits per heavy atom. The number of ether oxygens (including phenoxy) is 1. The summed E-state index contributed by atoms with van der Waals surface area (Å²) in [5.74, 6) is 0.854. The number of hydrogen-bond donors (Lipinski definition) is 3. The minimum Gasteiger partial charge on any atom is -0.387 e. The number of methoxy groups -OCH3 is 1. The second-order valence-corrected chi connectivity index (χ2v) is 6.70. The topological polar surface area (TPSA) is 71.1 Å². The van der Waals surface area contributed by atoms with Crippen LogP contribution in [0.25, 0.3) is 11.0 Å². The molecule has 2 aliphatic rings. The molecule has 6 heteroatoms. The molecule has 0 saturated carbocycles. The first-order valence-corrected chi connectivity index (χ1v) is 8.72. The summed E-state index contributed by atoms with van der Waals surface area (Å²) in [5.41, 5.74) is 5.89. The van der Waals surface area contributed by atoms with Gasteiger partial charge in [-0.05, 0) is 37.3 Å². The number of aromatic nitrogens is 2. The van der Waals surface area contributed by atoms with E-state index in [9.17, 15) is 0 Å². The van der Waals surface area contributed by atoms with Gasteiger partial charge < -0.3 is 20.7 Å². The van der Waals surface area contributed by atoms with Crippen LogP contribution < -0.4 is 16.0 Å². The third kappa shape index (κ3) is 2.50. The maximum absolute atomic E-state index is 5.54. The highest BCUT2D eigenvalue weighted by Crippen LogP contribution is 2.34. The van der Waals surface area contributed by atoms with E-state index in [0.717, 1.165) is 48.5 Å². The summed E-state index contributed by atoms with van der Waals surface area (Å²) in [7, 11) is 3.72. The van der Waals surface area contributed by atoms with E-state index in [1.807, 2.05) is 7.05 Å². The zero-order chi connectivity index (χ0) is 16.7. The average molecular weight is 327 g/mol. The highest BCUT2D eigenvalue weighted by atomic mass is 16.5. The minimum atomic E-state index is 0.162. The molecule has 3 heterocycles. The highest BCUT2D eigenvalue weighted by molar-refractivity contribution is 5.94. The van der Waals surface area contributed by atoms with Crippen molar-refractivity contribution in [1.29, 1.82) is 0 Å². The van der Waals surface area contributed by atoms with Crippen LogP contribution in [-0.2, 0) is 17.6 Å². The fourth-order valence-electron chi connectivity index (χ4n) is 4.02. The van der Waals surface area contributed by atoms with Gasteiger partial charge in [0.1, 0.15) is 5.82 Å². The van der Waals surface area contributed by atoms with E-state index in [0.29, 0.717) is 0 Å². The van der Waals surface area contributed by atoms with Crippen molar-refractivity contribution < 1.29 is 4.74 Å². The van der Waals surface area contributed by atoms with Crippen LogP contribution in [0.3, 0.4) is 0 Å². The lowest BCUT2D eigenvalue weighted by Crippen LogP contribution is -2.33. The van der Waals surface area contributed by atoms with Crippen molar-refractivity contribution in [2.75, 3.05) is 37.9 Å². The average Bonchev–Trinajstić information content (AvgIpc) is 3.23. The van der Waals surface area contributed by atoms with Gasteiger partial charge in [-0.15, -0.1) is 0 Å². The van der Waals surface area contributed by atoms with Gasteiger partial charge in [0.05, 0.1) is 12.1 Å². The largest absolute Gasteiger partial charge is 0.387 e. The van der Waals surface area contributed by atoms with Gasteiger partial charge in [-0.3, -0.25) is 0 Å². The second kappa shape index (κ2) is 6.18. The summed E-state index contributed by atoms with van der Waals surface area (Å²) >= 11 is 0.